The molecule has 0 spiro atoms. The first-order valence-electron chi connectivity index (χ1n) is 12.1. The first-order chi connectivity index (χ1) is 17.7. The highest BCUT2D eigenvalue weighted by Gasteiger charge is 2.40. The van der Waals surface area contributed by atoms with Crippen LogP contribution in [0.5, 0.6) is 5.75 Å². The Kier molecular flexibility index (Phi) is 10.8. The van der Waals surface area contributed by atoms with Crippen LogP contribution in [-0.4, -0.2) is 85.4 Å². The molecule has 3 rings (SSSR count). The molecule has 0 saturated carbocycles. The molecule has 2 atom stereocenters. The minimum Gasteiger partial charge on any atom is -0.496 e. The molecule has 1 fully saturated rings. The molecule has 0 aliphatic carbocycles. The summed E-state index contributed by atoms with van der Waals surface area (Å²) in [5, 5.41) is 47.8. The van der Waals surface area contributed by atoms with Crippen LogP contribution < -0.4 is 4.74 Å². The molecule has 38 heavy (non-hydrogen) atoms. The molecule has 1 aromatic carbocycles. The van der Waals surface area contributed by atoms with E-state index in [1.807, 2.05) is 19.9 Å². The van der Waals surface area contributed by atoms with Crippen molar-refractivity contribution in [1.29, 1.82) is 0 Å². The summed E-state index contributed by atoms with van der Waals surface area (Å²) >= 11 is 0. The van der Waals surface area contributed by atoms with Gasteiger partial charge in [0.1, 0.15) is 11.5 Å². The fraction of sp³-hybridized carbons (Fsp3) is 0.538. The van der Waals surface area contributed by atoms with E-state index in [1.54, 1.807) is 7.11 Å². The Morgan fingerprint density at radius 1 is 1.16 bits per heavy atom. The van der Waals surface area contributed by atoms with E-state index in [-0.39, 0.29) is 6.10 Å². The molecule has 1 saturated heterocycles. The van der Waals surface area contributed by atoms with Gasteiger partial charge >= 0.3 is 17.9 Å². The van der Waals surface area contributed by atoms with Gasteiger partial charge in [-0.2, -0.15) is 0 Å². The number of likely N-dealkylation sites (tertiary alicyclic amines) is 1. The molecule has 5 N–H and O–H groups in total. The van der Waals surface area contributed by atoms with Gasteiger partial charge in [0.15, 0.2) is 5.60 Å². The summed E-state index contributed by atoms with van der Waals surface area (Å²) in [5.41, 5.74) is 1.75. The third kappa shape index (κ3) is 8.54. The summed E-state index contributed by atoms with van der Waals surface area (Å²) in [6.07, 6.45) is -0.845. The molecule has 12 heteroatoms. The van der Waals surface area contributed by atoms with Crippen molar-refractivity contribution in [3.05, 3.63) is 46.3 Å². The predicted octanol–water partition coefficient (Wildman–Crippen LogP) is 1.85. The van der Waals surface area contributed by atoms with Gasteiger partial charge in [0.25, 0.3) is 0 Å². The Bertz CT molecular complexity index is 1090. The number of nitrogens with zero attached hydrogens (tertiary/aromatic N) is 2. The number of carbonyl (C=O) groups is 3. The zero-order chi connectivity index (χ0) is 28.6. The van der Waals surface area contributed by atoms with Crippen LogP contribution in [0.2, 0.25) is 0 Å². The van der Waals surface area contributed by atoms with Crippen molar-refractivity contribution in [2.75, 3.05) is 20.2 Å². The summed E-state index contributed by atoms with van der Waals surface area (Å²) in [6, 6.07) is 6.40. The van der Waals surface area contributed by atoms with Crippen LogP contribution in [0.1, 0.15) is 54.3 Å². The van der Waals surface area contributed by atoms with Crippen LogP contribution >= 0.6 is 0 Å². The van der Waals surface area contributed by atoms with E-state index in [4.69, 9.17) is 29.7 Å². The maximum atomic E-state index is 10.3. The van der Waals surface area contributed by atoms with Gasteiger partial charge in [-0.1, -0.05) is 24.2 Å². The lowest BCUT2D eigenvalue weighted by molar-refractivity contribution is -0.170. The molecule has 1 aliphatic heterocycles. The number of carboxylic acid groups (broad SMARTS) is 3. The van der Waals surface area contributed by atoms with E-state index in [0.29, 0.717) is 5.92 Å². The lowest BCUT2D eigenvalue weighted by atomic mass is 9.96. The summed E-state index contributed by atoms with van der Waals surface area (Å²) in [6.45, 7) is 8.82. The zero-order valence-electron chi connectivity index (χ0n) is 22.0. The molecule has 210 valence electrons. The molecule has 0 amide bonds. The van der Waals surface area contributed by atoms with E-state index < -0.39 is 36.4 Å². The maximum Gasteiger partial charge on any atom is 0.336 e. The maximum absolute atomic E-state index is 10.3. The minimum absolute atomic E-state index is 0.165. The Morgan fingerprint density at radius 2 is 1.79 bits per heavy atom. The van der Waals surface area contributed by atoms with Gasteiger partial charge in [-0.25, -0.2) is 4.79 Å². The molecular formula is C26H36N2O10. The summed E-state index contributed by atoms with van der Waals surface area (Å²) < 4.78 is 10.8. The zero-order valence-corrected chi connectivity index (χ0v) is 22.0. The molecule has 12 nitrogen and oxygen atoms in total. The Labute approximate surface area is 220 Å². The second-order valence-electron chi connectivity index (χ2n) is 9.67. The van der Waals surface area contributed by atoms with Crippen molar-refractivity contribution < 1.29 is 49.2 Å². The monoisotopic (exact) mass is 536 g/mol. The second-order valence-corrected chi connectivity index (χ2v) is 9.67. The fourth-order valence-corrected chi connectivity index (χ4v) is 4.35. The average Bonchev–Trinajstić information content (AvgIpc) is 3.13. The molecule has 0 radical (unpaired) electrons. The van der Waals surface area contributed by atoms with Crippen LogP contribution in [0.15, 0.2) is 22.7 Å². The average molecular weight is 537 g/mol. The van der Waals surface area contributed by atoms with Crippen LogP contribution in [0.25, 0.3) is 0 Å². The summed E-state index contributed by atoms with van der Waals surface area (Å²) in [7, 11) is 1.71. The van der Waals surface area contributed by atoms with E-state index in [0.717, 1.165) is 60.8 Å². The van der Waals surface area contributed by atoms with Gasteiger partial charge in [-0.05, 0) is 43.4 Å². The number of hydrogen-bond donors (Lipinski definition) is 5. The SMILES string of the molecule is COc1ccc(CN2CCC(O)C(C)C2)cc1Cc1c(C)noc1C.O=C(O)CC(O)(CC(=O)O)C(=O)O. The first kappa shape index (κ1) is 30.7. The fourth-order valence-electron chi connectivity index (χ4n) is 4.35. The number of methoxy groups -OCH3 is 1. The van der Waals surface area contributed by atoms with Crippen molar-refractivity contribution in [3.8, 4) is 5.75 Å². The van der Waals surface area contributed by atoms with Gasteiger partial charge in [0, 0.05) is 31.6 Å². The van der Waals surface area contributed by atoms with Gasteiger partial charge < -0.3 is 34.8 Å². The molecule has 2 aromatic rings. The lowest BCUT2D eigenvalue weighted by Gasteiger charge is -2.34. The highest BCUT2D eigenvalue weighted by atomic mass is 16.5. The summed E-state index contributed by atoms with van der Waals surface area (Å²) in [5.74, 6) is -2.93. The lowest BCUT2D eigenvalue weighted by Crippen LogP contribution is -2.42. The van der Waals surface area contributed by atoms with Crippen LogP contribution in [-0.2, 0) is 27.3 Å². The molecule has 1 aromatic heterocycles. The molecule has 1 aliphatic rings. The third-order valence-electron chi connectivity index (χ3n) is 6.53. The summed E-state index contributed by atoms with van der Waals surface area (Å²) in [4.78, 5) is 32.9. The number of aliphatic hydroxyl groups is 2. The molecular weight excluding hydrogens is 500 g/mol. The Morgan fingerprint density at radius 3 is 2.26 bits per heavy atom. The highest BCUT2D eigenvalue weighted by molar-refractivity contribution is 5.88. The van der Waals surface area contributed by atoms with Crippen molar-refractivity contribution in [2.45, 2.75) is 64.7 Å². The van der Waals surface area contributed by atoms with E-state index in [1.165, 1.54) is 5.56 Å². The number of benzene rings is 1. The van der Waals surface area contributed by atoms with E-state index in [2.05, 4.69) is 29.1 Å². The van der Waals surface area contributed by atoms with Gasteiger partial charge in [0.05, 0.1) is 31.7 Å². The number of piperidine rings is 1. The molecule has 0 bridgehead atoms. The largest absolute Gasteiger partial charge is 0.496 e. The topological polar surface area (TPSA) is 191 Å². The highest BCUT2D eigenvalue weighted by Crippen LogP contribution is 2.27. The third-order valence-corrected chi connectivity index (χ3v) is 6.53. The number of rotatable bonds is 10. The van der Waals surface area contributed by atoms with Crippen LogP contribution in [0.3, 0.4) is 0 Å². The van der Waals surface area contributed by atoms with Gasteiger partial charge in [-0.15, -0.1) is 0 Å². The van der Waals surface area contributed by atoms with Crippen molar-refractivity contribution in [1.82, 2.24) is 10.1 Å². The van der Waals surface area contributed by atoms with E-state index in [9.17, 15) is 19.5 Å². The number of aryl methyl sites for hydroxylation is 2. The van der Waals surface area contributed by atoms with Crippen molar-refractivity contribution in [2.24, 2.45) is 5.92 Å². The molecule has 2 unspecified atom stereocenters. The van der Waals surface area contributed by atoms with Crippen LogP contribution in [0.4, 0.5) is 0 Å². The number of hydrogen-bond acceptors (Lipinski definition) is 9. The number of aliphatic hydroxyl groups excluding tert-OH is 1. The number of carboxylic acids is 3. The first-order valence-corrected chi connectivity index (χ1v) is 12.1. The Hall–Kier alpha value is -3.48. The molecule has 2 heterocycles. The van der Waals surface area contributed by atoms with E-state index >= 15 is 0 Å². The number of aromatic nitrogens is 1. The minimum atomic E-state index is -2.74. The smallest absolute Gasteiger partial charge is 0.336 e. The van der Waals surface area contributed by atoms with Crippen molar-refractivity contribution in [3.63, 3.8) is 0 Å². The van der Waals surface area contributed by atoms with Crippen LogP contribution in [0, 0.1) is 19.8 Å². The standard InChI is InChI=1S/C20H28N2O3.C6H8O7/c1-13-11-22(8-7-19(13)23)12-16-5-6-20(24-4)17(9-16)10-18-14(2)21-25-15(18)3;7-3(8)1-6(13,5(11)12)2-4(9)10/h5-6,9,13,19,23H,7-8,10-12H2,1-4H3;13H,1-2H2,(H,7,8)(H,9,10)(H,11,12). The quantitative estimate of drug-likeness (QED) is 0.296. The number of aliphatic carboxylic acids is 3. The van der Waals surface area contributed by atoms with Gasteiger partial charge in [-0.3, -0.25) is 14.5 Å². The van der Waals surface area contributed by atoms with Gasteiger partial charge in [0.2, 0.25) is 0 Å². The Balaban J connectivity index is 0.000000332. The normalized spacial score (nSPS) is 17.8. The number of ether oxygens (including phenoxy) is 1. The predicted molar refractivity (Wildman–Crippen MR) is 134 cm³/mol. The van der Waals surface area contributed by atoms with Crippen molar-refractivity contribution >= 4 is 17.9 Å². The second kappa shape index (κ2) is 13.4.